The highest BCUT2D eigenvalue weighted by atomic mass is 16.5. The summed E-state index contributed by atoms with van der Waals surface area (Å²) in [5.74, 6) is -0.360. The summed E-state index contributed by atoms with van der Waals surface area (Å²) < 4.78 is 5.01. The van der Waals surface area contributed by atoms with Crippen LogP contribution in [-0.2, 0) is 11.2 Å². The number of aliphatic carboxylic acids is 1. The van der Waals surface area contributed by atoms with Gasteiger partial charge in [0.05, 0.1) is 12.7 Å². The van der Waals surface area contributed by atoms with Gasteiger partial charge in [-0.05, 0) is 24.1 Å². The second-order valence-corrected chi connectivity index (χ2v) is 3.09. The van der Waals surface area contributed by atoms with Crippen LogP contribution in [0.3, 0.4) is 0 Å². The first-order valence-corrected chi connectivity index (χ1v) is 4.51. The number of hydrogen-bond donors (Lipinski definition) is 1. The number of carboxylic acid groups (broad SMARTS) is 1. The first-order valence-electron chi connectivity index (χ1n) is 4.51. The molecule has 0 atom stereocenters. The van der Waals surface area contributed by atoms with Gasteiger partial charge in [0.15, 0.2) is 6.29 Å². The number of aryl methyl sites for hydroxylation is 1. The summed E-state index contributed by atoms with van der Waals surface area (Å²) in [5.41, 5.74) is 1.32. The number of benzene rings is 1. The van der Waals surface area contributed by atoms with Crippen molar-refractivity contribution in [3.63, 3.8) is 0 Å². The summed E-state index contributed by atoms with van der Waals surface area (Å²) in [6.07, 6.45) is 1.22. The molecule has 4 nitrogen and oxygen atoms in total. The van der Waals surface area contributed by atoms with E-state index in [1.165, 1.54) is 7.11 Å². The highest BCUT2D eigenvalue weighted by Gasteiger charge is 2.04. The molecule has 1 N–H and O–H groups in total. The Kier molecular flexibility index (Phi) is 3.85. The van der Waals surface area contributed by atoms with E-state index >= 15 is 0 Å². The van der Waals surface area contributed by atoms with Gasteiger partial charge in [-0.25, -0.2) is 0 Å². The standard InChI is InChI=1S/C11H12O4/c1-15-10-6-8(3-5-11(13)14)2-4-9(10)7-12/h2,4,6-7H,3,5H2,1H3,(H,13,14). The van der Waals surface area contributed by atoms with E-state index < -0.39 is 5.97 Å². The number of carbonyl (C=O) groups is 2. The lowest BCUT2D eigenvalue weighted by Crippen LogP contribution is -1.98. The van der Waals surface area contributed by atoms with Crippen molar-refractivity contribution in [1.29, 1.82) is 0 Å². The molecule has 1 aromatic rings. The largest absolute Gasteiger partial charge is 0.496 e. The summed E-state index contributed by atoms with van der Waals surface area (Å²) >= 11 is 0. The highest BCUT2D eigenvalue weighted by Crippen LogP contribution is 2.19. The Morgan fingerprint density at radius 1 is 1.53 bits per heavy atom. The molecule has 0 fully saturated rings. The second kappa shape index (κ2) is 5.14. The summed E-state index contributed by atoms with van der Waals surface area (Å²) in [6, 6.07) is 5.05. The molecule has 0 aliphatic carbocycles. The first kappa shape index (κ1) is 11.2. The van der Waals surface area contributed by atoms with Crippen molar-refractivity contribution < 1.29 is 19.4 Å². The van der Waals surface area contributed by atoms with E-state index in [9.17, 15) is 9.59 Å². The quantitative estimate of drug-likeness (QED) is 0.745. The molecule has 1 aromatic carbocycles. The zero-order chi connectivity index (χ0) is 11.3. The molecule has 0 aromatic heterocycles. The predicted octanol–water partition coefficient (Wildman–Crippen LogP) is 1.52. The zero-order valence-corrected chi connectivity index (χ0v) is 8.40. The fourth-order valence-electron chi connectivity index (χ4n) is 1.26. The van der Waals surface area contributed by atoms with Gasteiger partial charge in [0.1, 0.15) is 5.75 Å². The number of ether oxygens (including phenoxy) is 1. The predicted molar refractivity (Wildman–Crippen MR) is 54.3 cm³/mol. The summed E-state index contributed by atoms with van der Waals surface area (Å²) in [6.45, 7) is 0. The van der Waals surface area contributed by atoms with E-state index in [0.29, 0.717) is 24.0 Å². The smallest absolute Gasteiger partial charge is 0.303 e. The molecule has 0 radical (unpaired) electrons. The van der Waals surface area contributed by atoms with Crippen molar-refractivity contribution >= 4 is 12.3 Å². The SMILES string of the molecule is COc1cc(CCC(=O)O)ccc1C=O. The molecule has 15 heavy (non-hydrogen) atoms. The maximum Gasteiger partial charge on any atom is 0.303 e. The van der Waals surface area contributed by atoms with Crippen molar-refractivity contribution in [3.8, 4) is 5.75 Å². The average molecular weight is 208 g/mol. The lowest BCUT2D eigenvalue weighted by molar-refractivity contribution is -0.136. The van der Waals surface area contributed by atoms with Gasteiger partial charge in [-0.1, -0.05) is 6.07 Å². The van der Waals surface area contributed by atoms with Crippen molar-refractivity contribution in [3.05, 3.63) is 29.3 Å². The molecular weight excluding hydrogens is 196 g/mol. The molecule has 0 amide bonds. The fraction of sp³-hybridized carbons (Fsp3) is 0.273. The Morgan fingerprint density at radius 3 is 2.80 bits per heavy atom. The van der Waals surface area contributed by atoms with Crippen molar-refractivity contribution in [2.45, 2.75) is 12.8 Å². The fourth-order valence-corrected chi connectivity index (χ4v) is 1.26. The normalized spacial score (nSPS) is 9.67. The van der Waals surface area contributed by atoms with E-state index in [1.807, 2.05) is 0 Å². The van der Waals surface area contributed by atoms with Crippen LogP contribution in [0, 0.1) is 0 Å². The van der Waals surface area contributed by atoms with Crippen LogP contribution in [0.2, 0.25) is 0 Å². The zero-order valence-electron chi connectivity index (χ0n) is 8.40. The van der Waals surface area contributed by atoms with Crippen molar-refractivity contribution in [2.75, 3.05) is 7.11 Å². The number of methoxy groups -OCH3 is 1. The van der Waals surface area contributed by atoms with Gasteiger partial charge in [0.2, 0.25) is 0 Å². The van der Waals surface area contributed by atoms with E-state index in [2.05, 4.69) is 0 Å². The molecule has 80 valence electrons. The minimum absolute atomic E-state index is 0.0730. The van der Waals surface area contributed by atoms with E-state index in [1.54, 1.807) is 18.2 Å². The first-order chi connectivity index (χ1) is 7.17. The highest BCUT2D eigenvalue weighted by molar-refractivity contribution is 5.79. The maximum atomic E-state index is 10.6. The van der Waals surface area contributed by atoms with Crippen LogP contribution in [-0.4, -0.2) is 24.5 Å². The molecule has 0 bridgehead atoms. The lowest BCUT2D eigenvalue weighted by Gasteiger charge is -2.05. The van der Waals surface area contributed by atoms with Gasteiger partial charge in [-0.15, -0.1) is 0 Å². The molecule has 0 aliphatic rings. The van der Waals surface area contributed by atoms with Gasteiger partial charge in [0.25, 0.3) is 0 Å². The van der Waals surface area contributed by atoms with Crippen molar-refractivity contribution in [2.24, 2.45) is 0 Å². The number of carboxylic acids is 1. The van der Waals surface area contributed by atoms with Crippen LogP contribution in [0.15, 0.2) is 18.2 Å². The summed E-state index contributed by atoms with van der Waals surface area (Å²) in [5, 5.41) is 8.51. The van der Waals surface area contributed by atoms with E-state index in [0.717, 1.165) is 5.56 Å². The number of aldehydes is 1. The van der Waals surface area contributed by atoms with Crippen LogP contribution in [0.5, 0.6) is 5.75 Å². The summed E-state index contributed by atoms with van der Waals surface area (Å²) in [7, 11) is 1.48. The van der Waals surface area contributed by atoms with Crippen LogP contribution in [0.1, 0.15) is 22.3 Å². The number of rotatable bonds is 5. The Hall–Kier alpha value is -1.84. The molecular formula is C11H12O4. The Bertz CT molecular complexity index is 371. The van der Waals surface area contributed by atoms with Crippen LogP contribution in [0.25, 0.3) is 0 Å². The van der Waals surface area contributed by atoms with Crippen LogP contribution in [0.4, 0.5) is 0 Å². The third-order valence-corrected chi connectivity index (χ3v) is 2.05. The summed E-state index contributed by atoms with van der Waals surface area (Å²) in [4.78, 5) is 21.0. The third-order valence-electron chi connectivity index (χ3n) is 2.05. The van der Waals surface area contributed by atoms with E-state index in [4.69, 9.17) is 9.84 Å². The van der Waals surface area contributed by atoms with E-state index in [-0.39, 0.29) is 6.42 Å². The Labute approximate surface area is 87.5 Å². The van der Waals surface area contributed by atoms with Crippen LogP contribution < -0.4 is 4.74 Å². The van der Waals surface area contributed by atoms with Gasteiger partial charge in [0, 0.05) is 6.42 Å². The molecule has 1 rings (SSSR count). The van der Waals surface area contributed by atoms with Gasteiger partial charge in [-0.3, -0.25) is 9.59 Å². The number of hydrogen-bond acceptors (Lipinski definition) is 3. The molecule has 4 heteroatoms. The van der Waals surface area contributed by atoms with Gasteiger partial charge < -0.3 is 9.84 Å². The number of carbonyl (C=O) groups excluding carboxylic acids is 1. The lowest BCUT2D eigenvalue weighted by atomic mass is 10.1. The topological polar surface area (TPSA) is 63.6 Å². The van der Waals surface area contributed by atoms with Gasteiger partial charge >= 0.3 is 5.97 Å². The monoisotopic (exact) mass is 208 g/mol. The Morgan fingerprint density at radius 2 is 2.27 bits per heavy atom. The minimum Gasteiger partial charge on any atom is -0.496 e. The molecule has 0 heterocycles. The second-order valence-electron chi connectivity index (χ2n) is 3.09. The Balaban J connectivity index is 2.83. The van der Waals surface area contributed by atoms with Crippen molar-refractivity contribution in [1.82, 2.24) is 0 Å². The molecule has 0 saturated heterocycles. The molecule has 0 aliphatic heterocycles. The molecule has 0 saturated carbocycles. The van der Waals surface area contributed by atoms with Gasteiger partial charge in [-0.2, -0.15) is 0 Å². The van der Waals surface area contributed by atoms with Crippen LogP contribution >= 0.6 is 0 Å². The molecule has 0 unspecified atom stereocenters. The minimum atomic E-state index is -0.839. The molecule has 0 spiro atoms. The third kappa shape index (κ3) is 3.09. The average Bonchev–Trinajstić information content (AvgIpc) is 2.25. The maximum absolute atomic E-state index is 10.6.